The topological polar surface area (TPSA) is 72.9 Å². The maximum Gasteiger partial charge on any atom is 0.327 e. The second-order valence-corrected chi connectivity index (χ2v) is 10.7. The molecule has 0 radical (unpaired) electrons. The number of hydrogen-bond acceptors (Lipinski definition) is 6. The maximum atomic E-state index is 13.6. The normalized spacial score (nSPS) is 17.1. The van der Waals surface area contributed by atoms with E-state index in [-0.39, 0.29) is 24.3 Å². The number of esters is 1. The van der Waals surface area contributed by atoms with Gasteiger partial charge in [0, 0.05) is 13.1 Å². The van der Waals surface area contributed by atoms with Crippen LogP contribution in [-0.2, 0) is 19.4 Å². The first kappa shape index (κ1) is 24.7. The fourth-order valence-corrected chi connectivity index (χ4v) is 5.66. The maximum absolute atomic E-state index is 13.6. The predicted molar refractivity (Wildman–Crippen MR) is 119 cm³/mol. The number of benzene rings is 1. The first-order valence-electron chi connectivity index (χ1n) is 11.1. The number of ether oxygens (including phenoxy) is 2. The van der Waals surface area contributed by atoms with Crippen LogP contribution in [0.2, 0.25) is 0 Å². The van der Waals surface area contributed by atoms with Crippen molar-refractivity contribution in [2.75, 3.05) is 32.8 Å². The summed E-state index contributed by atoms with van der Waals surface area (Å²) in [5, 5.41) is 0. The first-order valence-corrected chi connectivity index (χ1v) is 12.6. The predicted octanol–water partition coefficient (Wildman–Crippen LogP) is 4.08. The van der Waals surface area contributed by atoms with Gasteiger partial charge in [0.2, 0.25) is 0 Å². The smallest absolute Gasteiger partial charge is 0.327 e. The Morgan fingerprint density at radius 3 is 2.30 bits per heavy atom. The Morgan fingerprint density at radius 2 is 1.77 bits per heavy atom. The van der Waals surface area contributed by atoms with Gasteiger partial charge in [0.1, 0.15) is 5.75 Å². The summed E-state index contributed by atoms with van der Waals surface area (Å²) in [7, 11) is -3.90. The van der Waals surface area contributed by atoms with Crippen LogP contribution in [0.4, 0.5) is 0 Å². The van der Waals surface area contributed by atoms with Crippen molar-refractivity contribution in [3.63, 3.8) is 0 Å². The third-order valence-electron chi connectivity index (χ3n) is 5.75. The number of unbranched alkanes of at least 4 members (excludes halogenated alkanes) is 1. The first-order chi connectivity index (χ1) is 14.3. The van der Waals surface area contributed by atoms with E-state index in [9.17, 15) is 13.2 Å². The molecule has 0 aromatic heterocycles. The summed E-state index contributed by atoms with van der Waals surface area (Å²) in [6, 6.07) is 6.43. The molecule has 1 aromatic carbocycles. The van der Waals surface area contributed by atoms with Crippen molar-refractivity contribution in [1.29, 1.82) is 0 Å². The van der Waals surface area contributed by atoms with Gasteiger partial charge in [0.25, 0.3) is 0 Å². The molecule has 7 heteroatoms. The minimum Gasteiger partial charge on any atom is -0.494 e. The summed E-state index contributed by atoms with van der Waals surface area (Å²) in [5.41, 5.74) is 0. The average molecular weight is 440 g/mol. The van der Waals surface area contributed by atoms with Gasteiger partial charge >= 0.3 is 5.97 Å². The van der Waals surface area contributed by atoms with Gasteiger partial charge in [-0.2, -0.15) is 0 Å². The van der Waals surface area contributed by atoms with E-state index in [0.29, 0.717) is 31.4 Å². The number of piperidine rings is 1. The number of carbonyl (C=O) groups excluding carboxylic acids is 1. The molecule has 0 N–H and O–H groups in total. The monoisotopic (exact) mass is 439 g/mol. The molecule has 6 nitrogen and oxygen atoms in total. The van der Waals surface area contributed by atoms with Gasteiger partial charge < -0.3 is 14.4 Å². The molecule has 0 bridgehead atoms. The minimum atomic E-state index is -3.90. The van der Waals surface area contributed by atoms with Crippen LogP contribution < -0.4 is 4.74 Å². The van der Waals surface area contributed by atoms with Crippen molar-refractivity contribution >= 4 is 15.8 Å². The average Bonchev–Trinajstić information content (AvgIpc) is 2.72. The van der Waals surface area contributed by atoms with Crippen LogP contribution in [-0.4, -0.2) is 56.9 Å². The lowest BCUT2D eigenvalue weighted by atomic mass is 9.95. The summed E-state index contributed by atoms with van der Waals surface area (Å²) in [5.74, 6) is 0.545. The molecule has 0 spiro atoms. The van der Waals surface area contributed by atoms with Crippen molar-refractivity contribution in [2.24, 2.45) is 5.92 Å². The minimum absolute atomic E-state index is 0.147. The number of nitrogens with zero attached hydrogens (tertiary/aromatic N) is 1. The highest BCUT2D eigenvalue weighted by Crippen LogP contribution is 2.37. The summed E-state index contributed by atoms with van der Waals surface area (Å²) in [6.45, 7) is 10.9. The molecule has 1 aromatic rings. The van der Waals surface area contributed by atoms with Gasteiger partial charge in [-0.3, -0.25) is 4.79 Å². The lowest BCUT2D eigenvalue weighted by molar-refractivity contribution is -0.147. The number of rotatable bonds is 11. The molecule has 170 valence electrons. The van der Waals surface area contributed by atoms with Gasteiger partial charge in [-0.15, -0.1) is 0 Å². The van der Waals surface area contributed by atoms with Crippen molar-refractivity contribution in [3.05, 3.63) is 24.3 Å². The van der Waals surface area contributed by atoms with Crippen LogP contribution in [0.25, 0.3) is 0 Å². The quantitative estimate of drug-likeness (QED) is 0.484. The number of sulfone groups is 1. The molecule has 30 heavy (non-hydrogen) atoms. The standard InChI is InChI=1S/C23H37NO5S/c1-5-7-15-24-16-13-23(14-17-24,22(25)28-6-2)30(26,27)21-10-8-20(9-11-21)29-18-12-19(3)4/h8-11,19H,5-7,12-18H2,1-4H3. The Morgan fingerprint density at radius 1 is 1.13 bits per heavy atom. The zero-order chi connectivity index (χ0) is 22.2. The second-order valence-electron chi connectivity index (χ2n) is 8.42. The largest absolute Gasteiger partial charge is 0.494 e. The molecule has 0 amide bonds. The van der Waals surface area contributed by atoms with E-state index < -0.39 is 20.6 Å². The van der Waals surface area contributed by atoms with Crippen LogP contribution in [0.5, 0.6) is 5.75 Å². The van der Waals surface area contributed by atoms with Gasteiger partial charge in [0.05, 0.1) is 18.1 Å². The van der Waals surface area contributed by atoms with Gasteiger partial charge in [-0.25, -0.2) is 8.42 Å². The number of likely N-dealkylation sites (tertiary alicyclic amines) is 1. The van der Waals surface area contributed by atoms with Crippen LogP contribution in [0.15, 0.2) is 29.2 Å². The molecular weight excluding hydrogens is 402 g/mol. The highest BCUT2D eigenvalue weighted by Gasteiger charge is 2.54. The van der Waals surface area contributed by atoms with E-state index in [1.54, 1.807) is 31.2 Å². The van der Waals surface area contributed by atoms with Gasteiger partial charge in [0.15, 0.2) is 14.6 Å². The number of carbonyl (C=O) groups is 1. The van der Waals surface area contributed by atoms with Crippen LogP contribution >= 0.6 is 0 Å². The fraction of sp³-hybridized carbons (Fsp3) is 0.696. The van der Waals surface area contributed by atoms with Gasteiger partial charge in [-0.1, -0.05) is 27.2 Å². The Balaban J connectivity index is 2.22. The Hall–Kier alpha value is -1.60. The molecular formula is C23H37NO5S. The molecule has 1 aliphatic rings. The molecule has 0 unspecified atom stereocenters. The molecule has 1 saturated heterocycles. The highest BCUT2D eigenvalue weighted by molar-refractivity contribution is 7.93. The van der Waals surface area contributed by atoms with Crippen molar-refractivity contribution in [1.82, 2.24) is 4.90 Å². The highest BCUT2D eigenvalue weighted by atomic mass is 32.2. The molecule has 1 heterocycles. The zero-order valence-corrected chi connectivity index (χ0v) is 19.7. The summed E-state index contributed by atoms with van der Waals surface area (Å²) in [4.78, 5) is 15.3. The van der Waals surface area contributed by atoms with E-state index >= 15 is 0 Å². The van der Waals surface area contributed by atoms with E-state index in [0.717, 1.165) is 25.8 Å². The van der Waals surface area contributed by atoms with E-state index in [1.165, 1.54) is 0 Å². The molecule has 1 aliphatic heterocycles. The Bertz CT molecular complexity index is 765. The SMILES string of the molecule is CCCCN1CCC(C(=O)OCC)(S(=O)(=O)c2ccc(OCCC(C)C)cc2)CC1. The summed E-state index contributed by atoms with van der Waals surface area (Å²) in [6.07, 6.45) is 3.59. The lowest BCUT2D eigenvalue weighted by Gasteiger charge is -2.39. The second kappa shape index (κ2) is 11.1. The lowest BCUT2D eigenvalue weighted by Crippen LogP contribution is -2.55. The fourth-order valence-electron chi connectivity index (χ4n) is 3.72. The van der Waals surface area contributed by atoms with Gasteiger partial charge in [-0.05, 0) is 69.3 Å². The molecule has 0 saturated carbocycles. The van der Waals surface area contributed by atoms with E-state index in [1.807, 2.05) is 0 Å². The van der Waals surface area contributed by atoms with E-state index in [4.69, 9.17) is 9.47 Å². The van der Waals surface area contributed by atoms with Crippen molar-refractivity contribution < 1.29 is 22.7 Å². The molecule has 0 aliphatic carbocycles. The molecule has 1 fully saturated rings. The van der Waals surface area contributed by atoms with E-state index in [2.05, 4.69) is 25.7 Å². The van der Waals surface area contributed by atoms with Crippen LogP contribution in [0.3, 0.4) is 0 Å². The van der Waals surface area contributed by atoms with Crippen molar-refractivity contribution in [2.45, 2.75) is 69.4 Å². The zero-order valence-electron chi connectivity index (χ0n) is 18.9. The Kier molecular flexibility index (Phi) is 9.16. The van der Waals surface area contributed by atoms with Crippen LogP contribution in [0.1, 0.15) is 59.8 Å². The van der Waals surface area contributed by atoms with Crippen molar-refractivity contribution in [3.8, 4) is 5.75 Å². The third-order valence-corrected chi connectivity index (χ3v) is 8.25. The Labute approximate surface area is 181 Å². The molecule has 0 atom stereocenters. The number of hydrogen-bond donors (Lipinski definition) is 0. The summed E-state index contributed by atoms with van der Waals surface area (Å²) < 4.78 is 36.6. The summed E-state index contributed by atoms with van der Waals surface area (Å²) >= 11 is 0. The molecule has 2 rings (SSSR count). The third kappa shape index (κ3) is 5.76. The van der Waals surface area contributed by atoms with Crippen LogP contribution in [0, 0.1) is 5.92 Å².